The Hall–Kier alpha value is -0.540. The molecule has 0 aliphatic carbocycles. The fourth-order valence-electron chi connectivity index (χ4n) is 2.53. The summed E-state index contributed by atoms with van der Waals surface area (Å²) < 4.78 is 1.16. The number of rotatable bonds is 9. The van der Waals surface area contributed by atoms with Crippen molar-refractivity contribution in [1.82, 2.24) is 5.32 Å². The molecule has 0 saturated heterocycles. The van der Waals surface area contributed by atoms with Crippen LogP contribution in [0, 0.1) is 11.8 Å². The van der Waals surface area contributed by atoms with Gasteiger partial charge in [0.1, 0.15) is 0 Å². The lowest BCUT2D eigenvalue weighted by molar-refractivity contribution is 0.550. The molecular weight excluding hydrogens is 324 g/mol. The molecule has 0 radical (unpaired) electrons. The summed E-state index contributed by atoms with van der Waals surface area (Å²) in [7, 11) is 0. The lowest BCUT2D eigenvalue weighted by Gasteiger charge is -2.31. The number of nitrogens with zero attached hydrogens (tertiary/aromatic N) is 1. The van der Waals surface area contributed by atoms with Gasteiger partial charge in [-0.2, -0.15) is 0 Å². The van der Waals surface area contributed by atoms with E-state index in [9.17, 15) is 0 Å². The summed E-state index contributed by atoms with van der Waals surface area (Å²) in [6.07, 6.45) is 1.17. The molecule has 0 saturated carbocycles. The smallest absolute Gasteiger partial charge is 0.0423 e. The molecule has 2 nitrogen and oxygen atoms in total. The minimum atomic E-state index is 0.666. The largest absolute Gasteiger partial charge is 0.371 e. The minimum Gasteiger partial charge on any atom is -0.371 e. The van der Waals surface area contributed by atoms with Gasteiger partial charge in [-0.15, -0.1) is 0 Å². The van der Waals surface area contributed by atoms with E-state index in [-0.39, 0.29) is 0 Å². The van der Waals surface area contributed by atoms with Crippen molar-refractivity contribution >= 4 is 21.6 Å². The van der Waals surface area contributed by atoms with Gasteiger partial charge in [-0.1, -0.05) is 56.6 Å². The average Bonchev–Trinajstić information content (AvgIpc) is 2.39. The van der Waals surface area contributed by atoms with Gasteiger partial charge in [-0.05, 0) is 42.5 Å². The summed E-state index contributed by atoms with van der Waals surface area (Å²) in [5.74, 6) is 1.33. The first kappa shape index (κ1) is 18.5. The molecule has 21 heavy (non-hydrogen) atoms. The Morgan fingerprint density at radius 2 is 1.71 bits per heavy atom. The van der Waals surface area contributed by atoms with Gasteiger partial charge in [-0.25, -0.2) is 0 Å². The van der Waals surface area contributed by atoms with Crippen LogP contribution in [0.1, 0.15) is 46.6 Å². The molecule has 0 heterocycles. The van der Waals surface area contributed by atoms with Crippen LogP contribution in [-0.2, 0) is 6.54 Å². The Balaban J connectivity index is 2.99. The van der Waals surface area contributed by atoms with Gasteiger partial charge >= 0.3 is 0 Å². The van der Waals surface area contributed by atoms with Crippen molar-refractivity contribution in [3.63, 3.8) is 0 Å². The van der Waals surface area contributed by atoms with Crippen LogP contribution in [-0.4, -0.2) is 19.6 Å². The van der Waals surface area contributed by atoms with Crippen LogP contribution in [0.4, 0.5) is 5.69 Å². The third-order valence-corrected chi connectivity index (χ3v) is 3.79. The molecule has 3 heteroatoms. The zero-order valence-corrected chi connectivity index (χ0v) is 15.8. The van der Waals surface area contributed by atoms with E-state index < -0.39 is 0 Å². The predicted octanol–water partition coefficient (Wildman–Crippen LogP) is 5.07. The average molecular weight is 355 g/mol. The maximum atomic E-state index is 3.63. The Morgan fingerprint density at radius 3 is 2.24 bits per heavy atom. The second-order valence-corrected chi connectivity index (χ2v) is 7.56. The highest BCUT2D eigenvalue weighted by molar-refractivity contribution is 9.10. The van der Waals surface area contributed by atoms with E-state index in [2.05, 4.69) is 79.0 Å². The molecule has 0 atom stereocenters. The zero-order chi connectivity index (χ0) is 15.8. The highest BCUT2D eigenvalue weighted by atomic mass is 79.9. The van der Waals surface area contributed by atoms with Gasteiger partial charge < -0.3 is 10.2 Å². The molecule has 0 bridgehead atoms. The number of benzene rings is 1. The van der Waals surface area contributed by atoms with Crippen LogP contribution in [0.25, 0.3) is 0 Å². The standard InChI is InChI=1S/C18H31BrN2/c1-6-9-20-11-16-7-8-17(19)10-18(16)21(12-14(2)3)13-15(4)5/h7-8,10,14-15,20H,6,9,11-13H2,1-5H3. The van der Waals surface area contributed by atoms with E-state index in [1.165, 1.54) is 17.7 Å². The fraction of sp³-hybridized carbons (Fsp3) is 0.667. The zero-order valence-electron chi connectivity index (χ0n) is 14.2. The predicted molar refractivity (Wildman–Crippen MR) is 98.0 cm³/mol. The van der Waals surface area contributed by atoms with Gasteiger partial charge in [-0.3, -0.25) is 0 Å². The van der Waals surface area contributed by atoms with Crippen LogP contribution in [0.5, 0.6) is 0 Å². The molecule has 120 valence electrons. The number of halogens is 1. The molecular formula is C18H31BrN2. The van der Waals surface area contributed by atoms with Crippen molar-refractivity contribution in [1.29, 1.82) is 0 Å². The topological polar surface area (TPSA) is 15.3 Å². The van der Waals surface area contributed by atoms with Crippen LogP contribution >= 0.6 is 15.9 Å². The van der Waals surface area contributed by atoms with Crippen molar-refractivity contribution in [2.24, 2.45) is 11.8 Å². The molecule has 1 N–H and O–H groups in total. The molecule has 1 aromatic rings. The van der Waals surface area contributed by atoms with Gasteiger partial charge in [0.25, 0.3) is 0 Å². The maximum Gasteiger partial charge on any atom is 0.0423 e. The lowest BCUT2D eigenvalue weighted by Crippen LogP contribution is -2.32. The Morgan fingerprint density at radius 1 is 1.10 bits per heavy atom. The first-order valence-electron chi connectivity index (χ1n) is 8.18. The first-order valence-corrected chi connectivity index (χ1v) is 8.97. The third kappa shape index (κ3) is 6.84. The third-order valence-electron chi connectivity index (χ3n) is 3.30. The second-order valence-electron chi connectivity index (χ2n) is 6.64. The molecule has 0 aliphatic rings. The summed E-state index contributed by atoms with van der Waals surface area (Å²) in [4.78, 5) is 2.54. The van der Waals surface area contributed by atoms with E-state index >= 15 is 0 Å². The summed E-state index contributed by atoms with van der Waals surface area (Å²) in [6.45, 7) is 15.6. The Kier molecular flexibility index (Phi) is 8.35. The van der Waals surface area contributed by atoms with Crippen LogP contribution in [0.2, 0.25) is 0 Å². The summed E-state index contributed by atoms with van der Waals surface area (Å²) in [6, 6.07) is 6.67. The normalized spacial score (nSPS) is 11.4. The maximum absolute atomic E-state index is 3.63. The molecule has 0 spiro atoms. The summed E-state index contributed by atoms with van der Waals surface area (Å²) in [5, 5.41) is 3.53. The van der Waals surface area contributed by atoms with E-state index in [1.807, 2.05) is 0 Å². The second kappa shape index (κ2) is 9.47. The number of anilines is 1. The van der Waals surface area contributed by atoms with E-state index in [1.54, 1.807) is 0 Å². The monoisotopic (exact) mass is 354 g/mol. The van der Waals surface area contributed by atoms with Gasteiger partial charge in [0, 0.05) is 29.8 Å². The van der Waals surface area contributed by atoms with E-state index in [0.29, 0.717) is 11.8 Å². The molecule has 0 aromatic heterocycles. The molecule has 0 amide bonds. The molecule has 0 aliphatic heterocycles. The summed E-state index contributed by atoms with van der Waals surface area (Å²) >= 11 is 3.63. The molecule has 0 unspecified atom stereocenters. The van der Waals surface area contributed by atoms with Crippen molar-refractivity contribution < 1.29 is 0 Å². The number of nitrogens with one attached hydrogen (secondary N) is 1. The molecule has 1 rings (SSSR count). The van der Waals surface area contributed by atoms with Crippen LogP contribution in [0.3, 0.4) is 0 Å². The van der Waals surface area contributed by atoms with Crippen LogP contribution < -0.4 is 10.2 Å². The van der Waals surface area contributed by atoms with Crippen LogP contribution in [0.15, 0.2) is 22.7 Å². The van der Waals surface area contributed by atoms with Gasteiger partial charge in [0.15, 0.2) is 0 Å². The fourth-order valence-corrected chi connectivity index (χ4v) is 2.88. The van der Waals surface area contributed by atoms with Gasteiger partial charge in [0.2, 0.25) is 0 Å². The Bertz CT molecular complexity index is 406. The number of hydrogen-bond donors (Lipinski definition) is 1. The minimum absolute atomic E-state index is 0.666. The Labute approximate surface area is 139 Å². The molecule has 1 aromatic carbocycles. The van der Waals surface area contributed by atoms with E-state index in [4.69, 9.17) is 0 Å². The SMILES string of the molecule is CCCNCc1ccc(Br)cc1N(CC(C)C)CC(C)C. The first-order chi connectivity index (χ1) is 9.93. The lowest BCUT2D eigenvalue weighted by atomic mass is 10.1. The van der Waals surface area contributed by atoms with Crippen molar-refractivity contribution in [3.05, 3.63) is 28.2 Å². The summed E-state index contributed by atoms with van der Waals surface area (Å²) in [5.41, 5.74) is 2.77. The van der Waals surface area contributed by atoms with Gasteiger partial charge in [0.05, 0.1) is 0 Å². The van der Waals surface area contributed by atoms with Crippen molar-refractivity contribution in [3.8, 4) is 0 Å². The number of hydrogen-bond acceptors (Lipinski definition) is 2. The van der Waals surface area contributed by atoms with Crippen molar-refractivity contribution in [2.45, 2.75) is 47.6 Å². The highest BCUT2D eigenvalue weighted by Crippen LogP contribution is 2.27. The highest BCUT2D eigenvalue weighted by Gasteiger charge is 2.14. The van der Waals surface area contributed by atoms with Crippen molar-refractivity contribution in [2.75, 3.05) is 24.5 Å². The van der Waals surface area contributed by atoms with E-state index in [0.717, 1.165) is 30.7 Å². The molecule has 0 fully saturated rings. The quantitative estimate of drug-likeness (QED) is 0.623.